The number of nitrogens with zero attached hydrogens (tertiary/aromatic N) is 3. The first-order valence-corrected chi connectivity index (χ1v) is 30.0. The van der Waals surface area contributed by atoms with E-state index in [-0.39, 0.29) is 68.9 Å². The second kappa shape index (κ2) is 37.2. The van der Waals surface area contributed by atoms with Crippen LogP contribution in [0.5, 0.6) is 0 Å². The van der Waals surface area contributed by atoms with E-state index in [4.69, 9.17) is 35.9 Å². The van der Waals surface area contributed by atoms with Gasteiger partial charge in [-0.25, -0.2) is 4.98 Å². The Labute approximate surface area is 514 Å². The summed E-state index contributed by atoms with van der Waals surface area (Å²) < 4.78 is 0. The van der Waals surface area contributed by atoms with Crippen molar-refractivity contribution < 1.29 is 47.9 Å². The fourth-order valence-corrected chi connectivity index (χ4v) is 8.78. The molecule has 0 saturated carbocycles. The number of hydrazone groups is 2. The van der Waals surface area contributed by atoms with Gasteiger partial charge in [0.25, 0.3) is 0 Å². The minimum absolute atomic E-state index is 0.0787. The highest BCUT2D eigenvalue weighted by Crippen LogP contribution is 2.20. The van der Waals surface area contributed by atoms with Crippen molar-refractivity contribution in [1.29, 1.82) is 0 Å². The van der Waals surface area contributed by atoms with E-state index in [0.717, 1.165) is 10.9 Å². The predicted octanol–water partition coefficient (Wildman–Crippen LogP) is -1.50. The molecule has 86 heavy (non-hydrogen) atoms. The van der Waals surface area contributed by atoms with Gasteiger partial charge in [0.15, 0.2) is 10.2 Å². The number of hydrogen-bond donors (Lipinski definition) is 16. The molecule has 472 valence electrons. The number of hydrogen-bond acceptors (Lipinski definition) is 16. The first-order valence-electron chi connectivity index (χ1n) is 27.8. The molecule has 18 N–H and O–H groups in total. The van der Waals surface area contributed by atoms with Crippen LogP contribution < -0.4 is 75.5 Å². The highest BCUT2D eigenvalue weighted by Gasteiger charge is 2.34. The number of nitrogens with two attached hydrogens (primary N) is 2. The number of carbonyl (C=O) groups excluding carboxylic acids is 10. The van der Waals surface area contributed by atoms with E-state index in [0.29, 0.717) is 33.5 Å². The van der Waals surface area contributed by atoms with E-state index in [1.807, 2.05) is 38.3 Å². The minimum Gasteiger partial charge on any atom is -0.370 e. The summed E-state index contributed by atoms with van der Waals surface area (Å²) in [6, 6.07) is -1.39. The molecule has 7 unspecified atom stereocenters. The molecule has 10 amide bonds. The van der Waals surface area contributed by atoms with Crippen LogP contribution in [0, 0.1) is 11.8 Å². The summed E-state index contributed by atoms with van der Waals surface area (Å²) in [5, 5.41) is 36.2. The number of imidazole rings is 1. The van der Waals surface area contributed by atoms with Crippen molar-refractivity contribution in [3.05, 3.63) is 54.2 Å². The Bertz CT molecular complexity index is 2900. The molecule has 0 aliphatic heterocycles. The van der Waals surface area contributed by atoms with Crippen molar-refractivity contribution in [2.75, 3.05) is 32.1 Å². The first-order chi connectivity index (χ1) is 40.7. The Morgan fingerprint density at radius 1 is 0.663 bits per heavy atom. The summed E-state index contributed by atoms with van der Waals surface area (Å²) >= 11 is 11.8. The average molecular weight is 1250 g/mol. The molecule has 29 nitrogen and oxygen atoms in total. The molecule has 2 heterocycles. The molecule has 0 fully saturated rings. The fraction of sp³-hybridized carbons (Fsp3) is 0.537. The van der Waals surface area contributed by atoms with Crippen LogP contribution in [-0.2, 0) is 60.8 Å². The van der Waals surface area contributed by atoms with Gasteiger partial charge in [0.05, 0.1) is 24.3 Å². The number of fused-ring (bicyclic) bond motifs is 1. The highest BCUT2D eigenvalue weighted by atomic mass is 32.2. The summed E-state index contributed by atoms with van der Waals surface area (Å²) in [6.07, 6.45) is 6.27. The second-order valence-corrected chi connectivity index (χ2v) is 22.6. The van der Waals surface area contributed by atoms with Crippen LogP contribution in [0.3, 0.4) is 0 Å². The van der Waals surface area contributed by atoms with Crippen LogP contribution in [0.2, 0.25) is 0 Å². The topological polar surface area (TPSA) is 436 Å². The number of benzene rings is 1. The maximum absolute atomic E-state index is 14.3. The number of amides is 10. The van der Waals surface area contributed by atoms with Gasteiger partial charge in [0.2, 0.25) is 59.1 Å². The van der Waals surface area contributed by atoms with Crippen LogP contribution in [-0.4, -0.2) is 170 Å². The van der Waals surface area contributed by atoms with Crippen molar-refractivity contribution in [3.8, 4) is 0 Å². The summed E-state index contributed by atoms with van der Waals surface area (Å²) in [5.41, 5.74) is 19.2. The molecule has 0 radical (unpaired) electrons. The molecule has 0 aliphatic carbocycles. The number of rotatable bonds is 36. The smallest absolute Gasteiger partial charge is 0.243 e. The highest BCUT2D eigenvalue weighted by molar-refractivity contribution is 7.98. The number of H-pyrrole nitrogens is 2. The normalized spacial score (nSPS) is 13.9. The standard InChI is InChI=1S/C54H83N19O10S3/c1-28(2)21-39(50(81)66-37(46(56)77)18-20-86-9)67-51(82)41(23-34-25-58-27-62-34)65-44(76)26-61-52(83)45(29(3)4)69-47(78)32(7)63-49(80)40(22-33-24-60-36-14-11-10-13-35(33)36)68-48(79)38(16-17-42(55)74)64-43(75)15-12-19-59-54(85)73-71-31(6)30(5)70-72-53(84)57-8/h10-11,13-14,24-25,27-29,32,37-41,45,60H,12,15-23,26H2,1-9H3,(H2,55,74)(H2,56,77)(H,58,62)(H,61,83)(H,63,80)(H,64,75)(H,65,76)(H,66,81)(H,67,82)(H,68,79)(H,69,78)(H2,57,72,84)(H2,59,73,85). The third-order valence-electron chi connectivity index (χ3n) is 13.0. The zero-order valence-corrected chi connectivity index (χ0v) is 52.3. The molecule has 7 atom stereocenters. The Balaban J connectivity index is 1.71. The van der Waals surface area contributed by atoms with Crippen molar-refractivity contribution in [1.82, 2.24) is 79.0 Å². The van der Waals surface area contributed by atoms with Gasteiger partial charge >= 0.3 is 0 Å². The van der Waals surface area contributed by atoms with Gasteiger partial charge in [-0.2, -0.15) is 22.0 Å². The van der Waals surface area contributed by atoms with Gasteiger partial charge < -0.3 is 74.6 Å². The quantitative estimate of drug-likeness (QED) is 0.0136. The zero-order valence-electron chi connectivity index (χ0n) is 49.8. The molecule has 0 spiro atoms. The molecule has 1 aromatic carbocycles. The molecule has 3 aromatic rings. The van der Waals surface area contributed by atoms with Crippen LogP contribution in [0.4, 0.5) is 0 Å². The van der Waals surface area contributed by atoms with Crippen LogP contribution in [0.1, 0.15) is 98.2 Å². The lowest BCUT2D eigenvalue weighted by atomic mass is 10.0. The summed E-state index contributed by atoms with van der Waals surface area (Å²) in [4.78, 5) is 144. The van der Waals surface area contributed by atoms with E-state index in [2.05, 4.69) is 89.2 Å². The molecule has 32 heteroatoms. The average Bonchev–Trinajstić information content (AvgIpc) is 2.92. The zero-order chi connectivity index (χ0) is 64.0. The van der Waals surface area contributed by atoms with Crippen molar-refractivity contribution in [2.45, 2.75) is 142 Å². The number of nitrogens with one attached hydrogen (secondary N) is 14. The Kier molecular flexibility index (Phi) is 31.2. The van der Waals surface area contributed by atoms with Gasteiger partial charge in [-0.1, -0.05) is 45.9 Å². The van der Waals surface area contributed by atoms with Gasteiger partial charge in [-0.15, -0.1) is 0 Å². The Hall–Kier alpha value is -8.26. The van der Waals surface area contributed by atoms with E-state index in [1.54, 1.807) is 47.0 Å². The second-order valence-electron chi connectivity index (χ2n) is 20.8. The number of thiocarbonyl (C=S) groups is 2. The number of para-hydroxylation sites is 1. The molecular weight excluding hydrogens is 1170 g/mol. The molecule has 2 aromatic heterocycles. The van der Waals surface area contributed by atoms with Crippen LogP contribution in [0.25, 0.3) is 10.9 Å². The van der Waals surface area contributed by atoms with Crippen LogP contribution >= 0.6 is 36.2 Å². The van der Waals surface area contributed by atoms with Gasteiger partial charge in [0.1, 0.15) is 42.3 Å². The lowest BCUT2D eigenvalue weighted by molar-refractivity contribution is -0.135. The number of aromatic nitrogens is 3. The van der Waals surface area contributed by atoms with E-state index in [1.165, 1.54) is 31.2 Å². The molecule has 0 saturated heterocycles. The molecule has 0 bridgehead atoms. The van der Waals surface area contributed by atoms with Crippen molar-refractivity contribution in [2.24, 2.45) is 33.5 Å². The maximum atomic E-state index is 14.3. The summed E-state index contributed by atoms with van der Waals surface area (Å²) in [6.45, 7) is 11.3. The molecule has 3 rings (SSSR count). The summed E-state index contributed by atoms with van der Waals surface area (Å²) in [5.74, 6) is -7.53. The van der Waals surface area contributed by atoms with Crippen molar-refractivity contribution in [3.63, 3.8) is 0 Å². The van der Waals surface area contributed by atoms with Crippen molar-refractivity contribution >= 4 is 128 Å². The lowest BCUT2D eigenvalue weighted by Gasteiger charge is -2.26. The van der Waals surface area contributed by atoms with Gasteiger partial charge in [0, 0.05) is 68.3 Å². The maximum Gasteiger partial charge on any atom is 0.243 e. The number of thioether (sulfide) groups is 1. The summed E-state index contributed by atoms with van der Waals surface area (Å²) in [7, 11) is 1.65. The Morgan fingerprint density at radius 3 is 1.88 bits per heavy atom. The SMILES string of the molecule is CNC(=S)NN=C(C)C(C)=NNC(=S)NCCCC(=O)NC(CCC(N)=O)C(=O)NC(Cc1c[nH]c2ccccc12)C(=O)NC(C)C(=O)NC(C(=O)NCC(=O)NC(Cc1cnc[nH]1)C(=O)NC(CC(C)C)C(=O)NC(CCSC)C(N)=O)C(C)C. The predicted molar refractivity (Wildman–Crippen MR) is 335 cm³/mol. The molecule has 0 aliphatic rings. The van der Waals surface area contributed by atoms with E-state index >= 15 is 0 Å². The first kappa shape index (κ1) is 72.0. The molecular formula is C54H83N19O10S3. The van der Waals surface area contributed by atoms with Gasteiger partial charge in [-0.05, 0) is 106 Å². The van der Waals surface area contributed by atoms with E-state index < -0.39 is 114 Å². The largest absolute Gasteiger partial charge is 0.370 e. The third-order valence-corrected chi connectivity index (χ3v) is 14.2. The lowest BCUT2D eigenvalue weighted by Crippen LogP contribution is -2.59. The monoisotopic (exact) mass is 1250 g/mol. The third kappa shape index (κ3) is 25.9. The number of primary amides is 2. The van der Waals surface area contributed by atoms with Gasteiger partial charge in [-0.3, -0.25) is 58.8 Å². The minimum atomic E-state index is -1.37. The van der Waals surface area contributed by atoms with Crippen LogP contribution in [0.15, 0.2) is 53.2 Å². The number of aromatic amines is 2. The van der Waals surface area contributed by atoms with E-state index in [9.17, 15) is 47.9 Å². The fourth-order valence-electron chi connectivity index (χ4n) is 8.11. The Morgan fingerprint density at radius 2 is 1.27 bits per heavy atom. The number of carbonyl (C=O) groups is 10.